The largest absolute Gasteiger partial charge is 1.00 e. The molecular weight excluding hydrogens is 307 g/mol. The second-order valence-corrected chi connectivity index (χ2v) is 5.88. The van der Waals surface area contributed by atoms with E-state index in [9.17, 15) is 5.11 Å². The van der Waals surface area contributed by atoms with Crippen LogP contribution in [0.5, 0.6) is 5.75 Å². The molecule has 0 spiro atoms. The van der Waals surface area contributed by atoms with Gasteiger partial charge in [0, 0.05) is 18.3 Å². The molecule has 1 aliphatic rings. The molecule has 25 heavy (non-hydrogen) atoms. The van der Waals surface area contributed by atoms with Gasteiger partial charge in [-0.15, -0.1) is 5.76 Å². The Hall–Kier alpha value is -2.08. The summed E-state index contributed by atoms with van der Waals surface area (Å²) in [5, 5.41) is 12.3. The van der Waals surface area contributed by atoms with Crippen LogP contribution in [0.4, 0.5) is 0 Å². The van der Waals surface area contributed by atoms with Gasteiger partial charge < -0.3 is 14.6 Å². The molecule has 0 bridgehead atoms. The summed E-state index contributed by atoms with van der Waals surface area (Å²) in [6.45, 7) is 0. The van der Waals surface area contributed by atoms with Crippen molar-refractivity contribution in [1.82, 2.24) is 0 Å². The van der Waals surface area contributed by atoms with Crippen LogP contribution in [0.25, 0.3) is 0 Å². The fourth-order valence-electron chi connectivity index (χ4n) is 3.15. The van der Waals surface area contributed by atoms with Crippen molar-refractivity contribution in [3.63, 3.8) is 0 Å². The zero-order valence-electron chi connectivity index (χ0n) is 14.9. The molecule has 0 saturated heterocycles. The summed E-state index contributed by atoms with van der Waals surface area (Å²) in [7, 11) is 3.27. The minimum Gasteiger partial charge on any atom is -0.875 e. The van der Waals surface area contributed by atoms with Crippen LogP contribution in [0.2, 0.25) is 0 Å². The molecule has 0 fully saturated rings. The summed E-state index contributed by atoms with van der Waals surface area (Å²) >= 11 is 0. The van der Waals surface area contributed by atoms with E-state index < -0.39 is 0 Å². The normalized spacial score (nSPS) is 19.8. The molecule has 0 heterocycles. The van der Waals surface area contributed by atoms with E-state index >= 15 is 0 Å². The number of benzene rings is 2. The Labute approximate surface area is 161 Å². The zero-order chi connectivity index (χ0) is 16.9. The maximum absolute atomic E-state index is 12.3. The molecule has 0 N–H and O–H groups in total. The van der Waals surface area contributed by atoms with Crippen LogP contribution in [0.1, 0.15) is 29.4 Å². The molecule has 4 heteroatoms. The Morgan fingerprint density at radius 1 is 0.800 bits per heavy atom. The van der Waals surface area contributed by atoms with Crippen molar-refractivity contribution in [2.24, 2.45) is 0 Å². The predicted molar refractivity (Wildman–Crippen MR) is 92.7 cm³/mol. The van der Waals surface area contributed by atoms with Crippen LogP contribution < -0.4 is 28.7 Å². The van der Waals surface area contributed by atoms with Gasteiger partial charge in [-0.05, 0) is 29.3 Å². The third-order valence-corrected chi connectivity index (χ3v) is 4.41. The monoisotopic (exact) mass is 328 g/mol. The number of hydrogen-bond acceptors (Lipinski definition) is 3. The first-order valence-electron chi connectivity index (χ1n) is 8.02. The molecule has 0 aliphatic heterocycles. The average molecular weight is 328 g/mol. The SMILES string of the molecule is COC1=C[C@@H](c2ccc(OC)cc2)[C@@H](c2ccccc2)C=C([O-])C1.[Li+]. The molecule has 0 radical (unpaired) electrons. The third kappa shape index (κ3) is 4.51. The number of methoxy groups -OCH3 is 2. The van der Waals surface area contributed by atoms with Gasteiger partial charge in [0.05, 0.1) is 20.0 Å². The van der Waals surface area contributed by atoms with Crippen molar-refractivity contribution in [3.8, 4) is 5.75 Å². The molecule has 2 aromatic rings. The maximum Gasteiger partial charge on any atom is 1.00 e. The number of allylic oxidation sites excluding steroid dienone is 2. The number of rotatable bonds is 4. The molecule has 0 aromatic heterocycles. The van der Waals surface area contributed by atoms with E-state index in [-0.39, 0.29) is 36.5 Å². The minimum atomic E-state index is -0.0141. The first-order valence-corrected chi connectivity index (χ1v) is 8.02. The fourth-order valence-corrected chi connectivity index (χ4v) is 3.15. The number of ether oxygens (including phenoxy) is 2. The van der Waals surface area contributed by atoms with Crippen LogP contribution in [0.3, 0.4) is 0 Å². The Kier molecular flexibility index (Phi) is 6.81. The van der Waals surface area contributed by atoms with Gasteiger partial charge in [0.2, 0.25) is 0 Å². The summed E-state index contributed by atoms with van der Waals surface area (Å²) < 4.78 is 10.7. The smallest absolute Gasteiger partial charge is 0.875 e. The standard InChI is InChI=1S/C21H22O3.Li/c1-23-18-10-8-16(9-11-18)21-14-19(24-2)12-17(22)13-20(21)15-6-4-3-5-7-15;/h3-11,13-14,20-22H,12H2,1-2H3;/q;+1/p-1/t20-,21+;/m1./s1. The average Bonchev–Trinajstić information content (AvgIpc) is 2.81. The van der Waals surface area contributed by atoms with Gasteiger partial charge in [0.1, 0.15) is 5.75 Å². The van der Waals surface area contributed by atoms with Crippen molar-refractivity contribution in [1.29, 1.82) is 0 Å². The zero-order valence-corrected chi connectivity index (χ0v) is 14.9. The fraction of sp³-hybridized carbons (Fsp3) is 0.238. The summed E-state index contributed by atoms with van der Waals surface area (Å²) in [5.41, 5.74) is 2.26. The molecule has 124 valence electrons. The van der Waals surface area contributed by atoms with E-state index in [0.717, 1.165) is 22.6 Å². The van der Waals surface area contributed by atoms with Gasteiger partial charge in [-0.1, -0.05) is 48.5 Å². The summed E-state index contributed by atoms with van der Waals surface area (Å²) in [6.07, 6.45) is 4.21. The van der Waals surface area contributed by atoms with Gasteiger partial charge in [-0.25, -0.2) is 0 Å². The van der Waals surface area contributed by atoms with E-state index in [0.29, 0.717) is 6.42 Å². The first kappa shape index (κ1) is 19.2. The Bertz CT molecular complexity index is 735. The second kappa shape index (κ2) is 8.85. The molecule has 2 aromatic carbocycles. The minimum absolute atomic E-state index is 0. The van der Waals surface area contributed by atoms with Gasteiger partial charge in [-0.2, -0.15) is 0 Å². The Morgan fingerprint density at radius 3 is 2.00 bits per heavy atom. The Morgan fingerprint density at radius 2 is 1.40 bits per heavy atom. The molecule has 1 aliphatic carbocycles. The van der Waals surface area contributed by atoms with E-state index in [4.69, 9.17) is 9.47 Å². The van der Waals surface area contributed by atoms with Gasteiger partial charge in [0.25, 0.3) is 0 Å². The van der Waals surface area contributed by atoms with Crippen LogP contribution in [-0.4, -0.2) is 14.2 Å². The molecule has 0 unspecified atom stereocenters. The quantitative estimate of drug-likeness (QED) is 0.778. The van der Waals surface area contributed by atoms with Crippen LogP contribution in [0.15, 0.2) is 78.3 Å². The first-order chi connectivity index (χ1) is 11.7. The Balaban J connectivity index is 0.00000225. The van der Waals surface area contributed by atoms with Crippen LogP contribution in [-0.2, 0) is 4.74 Å². The molecule has 0 amide bonds. The third-order valence-electron chi connectivity index (χ3n) is 4.41. The van der Waals surface area contributed by atoms with Crippen molar-refractivity contribution >= 4 is 0 Å². The van der Waals surface area contributed by atoms with E-state index in [1.165, 1.54) is 0 Å². The summed E-state index contributed by atoms with van der Waals surface area (Å²) in [4.78, 5) is 0. The van der Waals surface area contributed by atoms with Crippen molar-refractivity contribution < 1.29 is 33.4 Å². The van der Waals surface area contributed by atoms with Gasteiger partial charge >= 0.3 is 18.9 Å². The summed E-state index contributed by atoms with van der Waals surface area (Å²) in [6, 6.07) is 18.1. The molecule has 3 nitrogen and oxygen atoms in total. The molecule has 2 atom stereocenters. The van der Waals surface area contributed by atoms with Crippen LogP contribution in [0, 0.1) is 0 Å². The van der Waals surface area contributed by atoms with E-state index in [1.54, 1.807) is 14.2 Å². The predicted octanol–water partition coefficient (Wildman–Crippen LogP) is 0.745. The number of hydrogen-bond donors (Lipinski definition) is 0. The second-order valence-electron chi connectivity index (χ2n) is 5.88. The topological polar surface area (TPSA) is 41.5 Å². The van der Waals surface area contributed by atoms with E-state index in [1.807, 2.05) is 48.5 Å². The molecule has 0 saturated carbocycles. The molecule has 3 rings (SSSR count). The van der Waals surface area contributed by atoms with Crippen LogP contribution >= 0.6 is 0 Å². The van der Waals surface area contributed by atoms with Crippen molar-refractivity contribution in [2.45, 2.75) is 18.3 Å². The van der Waals surface area contributed by atoms with Crippen molar-refractivity contribution in [3.05, 3.63) is 89.4 Å². The summed E-state index contributed by atoms with van der Waals surface area (Å²) in [5.74, 6) is 1.66. The van der Waals surface area contributed by atoms with E-state index in [2.05, 4.69) is 18.2 Å². The maximum atomic E-state index is 12.3. The van der Waals surface area contributed by atoms with Gasteiger partial charge in [-0.3, -0.25) is 0 Å². The van der Waals surface area contributed by atoms with Crippen molar-refractivity contribution in [2.75, 3.05) is 14.2 Å². The molecular formula is C21H21LiO3. The van der Waals surface area contributed by atoms with Gasteiger partial charge in [0.15, 0.2) is 0 Å².